The predicted octanol–water partition coefficient (Wildman–Crippen LogP) is 4.31. The molecule has 0 saturated carbocycles. The van der Waals surface area contributed by atoms with Gasteiger partial charge < -0.3 is 19.4 Å². The Balaban J connectivity index is 1.49. The molecule has 2 aliphatic rings. The first-order valence-corrected chi connectivity index (χ1v) is 13.3. The molecule has 2 saturated heterocycles. The molecule has 0 radical (unpaired) electrons. The highest BCUT2D eigenvalue weighted by Crippen LogP contribution is 2.50. The van der Waals surface area contributed by atoms with Crippen molar-refractivity contribution in [2.75, 3.05) is 33.2 Å². The molecule has 38 heavy (non-hydrogen) atoms. The summed E-state index contributed by atoms with van der Waals surface area (Å²) >= 11 is 0. The van der Waals surface area contributed by atoms with Crippen molar-refractivity contribution in [1.82, 2.24) is 24.9 Å². The SMILES string of the molecule is CC(=O)N1CCC(c2nc(-c3cncc([C@@](O)(c4ccc(C(C)C)c(F)c4)C4(C)CN(C)C4)c3)no2)CC1. The summed E-state index contributed by atoms with van der Waals surface area (Å²) in [6, 6.07) is 6.89. The highest BCUT2D eigenvalue weighted by atomic mass is 19.1. The molecule has 5 rings (SSSR count). The second-order valence-electron chi connectivity index (χ2n) is 11.5. The highest BCUT2D eigenvalue weighted by molar-refractivity contribution is 5.73. The molecule has 1 atom stereocenters. The fraction of sp³-hybridized carbons (Fsp3) is 0.517. The zero-order chi connectivity index (χ0) is 27.2. The number of hydrogen-bond donors (Lipinski definition) is 1. The molecular weight excluding hydrogens is 485 g/mol. The van der Waals surface area contributed by atoms with Gasteiger partial charge >= 0.3 is 0 Å². The fourth-order valence-corrected chi connectivity index (χ4v) is 6.18. The van der Waals surface area contributed by atoms with E-state index in [4.69, 9.17) is 4.52 Å². The normalized spacial score (nSPS) is 19.8. The maximum absolute atomic E-state index is 15.1. The zero-order valence-electron chi connectivity index (χ0n) is 22.7. The summed E-state index contributed by atoms with van der Waals surface area (Å²) in [6.07, 6.45) is 4.82. The van der Waals surface area contributed by atoms with Crippen LogP contribution in [-0.4, -0.2) is 69.2 Å². The maximum atomic E-state index is 15.1. The second-order valence-corrected chi connectivity index (χ2v) is 11.5. The van der Waals surface area contributed by atoms with Crippen molar-refractivity contribution in [3.8, 4) is 11.4 Å². The summed E-state index contributed by atoms with van der Waals surface area (Å²) in [5.41, 5.74) is 0.259. The van der Waals surface area contributed by atoms with E-state index in [1.165, 1.54) is 6.07 Å². The molecule has 0 unspecified atom stereocenters. The predicted molar refractivity (Wildman–Crippen MR) is 141 cm³/mol. The molecule has 202 valence electrons. The molecule has 4 heterocycles. The molecule has 1 N–H and O–H groups in total. The van der Waals surface area contributed by atoms with Crippen LogP contribution in [0, 0.1) is 11.2 Å². The fourth-order valence-electron chi connectivity index (χ4n) is 6.18. The second kappa shape index (κ2) is 9.85. The Morgan fingerprint density at radius 2 is 1.89 bits per heavy atom. The average Bonchev–Trinajstić information content (AvgIpc) is 3.37. The van der Waals surface area contributed by atoms with E-state index in [2.05, 4.69) is 20.0 Å². The molecular formula is C29H36FN5O3. The third kappa shape index (κ3) is 4.52. The topological polar surface area (TPSA) is 95.6 Å². The van der Waals surface area contributed by atoms with Crippen LogP contribution in [0.4, 0.5) is 4.39 Å². The van der Waals surface area contributed by atoms with Gasteiger partial charge in [-0.1, -0.05) is 38.1 Å². The first-order valence-electron chi connectivity index (χ1n) is 13.3. The number of piperidine rings is 1. The van der Waals surface area contributed by atoms with Crippen LogP contribution in [0.5, 0.6) is 0 Å². The molecule has 9 heteroatoms. The van der Waals surface area contributed by atoms with E-state index in [9.17, 15) is 9.90 Å². The summed E-state index contributed by atoms with van der Waals surface area (Å²) in [5, 5.41) is 16.6. The van der Waals surface area contributed by atoms with Gasteiger partial charge in [-0.2, -0.15) is 4.98 Å². The van der Waals surface area contributed by atoms with Crippen molar-refractivity contribution in [3.63, 3.8) is 0 Å². The Bertz CT molecular complexity index is 1330. The van der Waals surface area contributed by atoms with Gasteiger partial charge in [0, 0.05) is 68.0 Å². The van der Waals surface area contributed by atoms with Crippen molar-refractivity contribution in [2.24, 2.45) is 5.41 Å². The lowest BCUT2D eigenvalue weighted by Gasteiger charge is -2.55. The number of aromatic nitrogens is 3. The van der Waals surface area contributed by atoms with E-state index in [0.717, 1.165) is 12.8 Å². The van der Waals surface area contributed by atoms with Gasteiger partial charge in [0.05, 0.1) is 0 Å². The smallest absolute Gasteiger partial charge is 0.230 e. The number of likely N-dealkylation sites (tertiary alicyclic amines) is 2. The molecule has 1 amide bonds. The first-order chi connectivity index (χ1) is 18.0. The van der Waals surface area contributed by atoms with E-state index in [1.54, 1.807) is 25.4 Å². The van der Waals surface area contributed by atoms with Gasteiger partial charge in [0.2, 0.25) is 17.6 Å². The van der Waals surface area contributed by atoms with Gasteiger partial charge in [0.1, 0.15) is 11.4 Å². The van der Waals surface area contributed by atoms with Crippen LogP contribution in [0.25, 0.3) is 11.4 Å². The minimum absolute atomic E-state index is 0.0368. The number of carbonyl (C=O) groups excluding carboxylic acids is 1. The largest absolute Gasteiger partial charge is 0.380 e. The van der Waals surface area contributed by atoms with E-state index in [-0.39, 0.29) is 23.6 Å². The summed E-state index contributed by atoms with van der Waals surface area (Å²) in [5.74, 6) is 0.817. The van der Waals surface area contributed by atoms with Gasteiger partial charge in [-0.05, 0) is 49.1 Å². The Kier molecular flexibility index (Phi) is 6.86. The van der Waals surface area contributed by atoms with Gasteiger partial charge in [-0.15, -0.1) is 0 Å². The van der Waals surface area contributed by atoms with E-state index < -0.39 is 11.0 Å². The van der Waals surface area contributed by atoms with Crippen LogP contribution in [-0.2, 0) is 10.4 Å². The molecule has 0 aliphatic carbocycles. The van der Waals surface area contributed by atoms with Crippen LogP contribution < -0.4 is 0 Å². The van der Waals surface area contributed by atoms with Crippen LogP contribution >= 0.6 is 0 Å². The molecule has 2 aliphatic heterocycles. The number of halogens is 1. The van der Waals surface area contributed by atoms with Gasteiger partial charge in [-0.3, -0.25) is 9.78 Å². The maximum Gasteiger partial charge on any atom is 0.230 e. The first kappa shape index (κ1) is 26.4. The standard InChI is InChI=1S/C29H36FN5O3/c1-18(2)24-7-6-22(13-25(24)30)29(37,28(4)16-34(5)17-28)23-12-21(14-31-15-23)26-32-27(38-33-26)20-8-10-35(11-9-20)19(3)36/h6-7,12-15,18,20,37H,8-11,16-17H2,1-5H3/t29-/m0/s1. The number of aliphatic hydroxyl groups is 1. The van der Waals surface area contributed by atoms with Crippen LogP contribution in [0.2, 0.25) is 0 Å². The molecule has 8 nitrogen and oxygen atoms in total. The molecule has 0 spiro atoms. The lowest BCUT2D eigenvalue weighted by atomic mass is 9.62. The number of pyridine rings is 1. The Hall–Kier alpha value is -3.17. The van der Waals surface area contributed by atoms with Crippen molar-refractivity contribution < 1.29 is 18.8 Å². The van der Waals surface area contributed by atoms with Crippen LogP contribution in [0.15, 0.2) is 41.2 Å². The number of carbonyl (C=O) groups is 1. The summed E-state index contributed by atoms with van der Waals surface area (Å²) in [4.78, 5) is 24.7. The third-order valence-electron chi connectivity index (χ3n) is 8.30. The Morgan fingerprint density at radius 1 is 1.18 bits per heavy atom. The zero-order valence-corrected chi connectivity index (χ0v) is 22.7. The highest BCUT2D eigenvalue weighted by Gasteiger charge is 2.55. The summed E-state index contributed by atoms with van der Waals surface area (Å²) in [6.45, 7) is 10.1. The number of benzene rings is 1. The minimum atomic E-state index is -1.48. The molecule has 0 bridgehead atoms. The molecule has 3 aromatic rings. The van der Waals surface area contributed by atoms with Crippen molar-refractivity contribution >= 4 is 5.91 Å². The number of amides is 1. The Morgan fingerprint density at radius 3 is 2.50 bits per heavy atom. The van der Waals surface area contributed by atoms with Crippen molar-refractivity contribution in [1.29, 1.82) is 0 Å². The molecule has 2 fully saturated rings. The lowest BCUT2D eigenvalue weighted by Crippen LogP contribution is -2.63. The third-order valence-corrected chi connectivity index (χ3v) is 8.30. The summed E-state index contributed by atoms with van der Waals surface area (Å²) < 4.78 is 20.8. The van der Waals surface area contributed by atoms with Gasteiger partial charge in [-0.25, -0.2) is 4.39 Å². The van der Waals surface area contributed by atoms with Gasteiger partial charge in [0.25, 0.3) is 0 Å². The lowest BCUT2D eigenvalue weighted by molar-refractivity contribution is -0.129. The van der Waals surface area contributed by atoms with E-state index in [1.807, 2.05) is 44.9 Å². The van der Waals surface area contributed by atoms with Crippen molar-refractivity contribution in [2.45, 2.75) is 58.0 Å². The quantitative estimate of drug-likeness (QED) is 0.517. The van der Waals surface area contributed by atoms with E-state index >= 15 is 4.39 Å². The van der Waals surface area contributed by atoms with Gasteiger partial charge in [0.15, 0.2) is 0 Å². The number of nitrogens with zero attached hydrogens (tertiary/aromatic N) is 5. The number of rotatable bonds is 6. The van der Waals surface area contributed by atoms with Crippen LogP contribution in [0.3, 0.4) is 0 Å². The minimum Gasteiger partial charge on any atom is -0.380 e. The molecule has 1 aromatic carbocycles. The summed E-state index contributed by atoms with van der Waals surface area (Å²) in [7, 11) is 2.00. The molecule has 2 aromatic heterocycles. The number of hydrogen-bond acceptors (Lipinski definition) is 7. The van der Waals surface area contributed by atoms with Crippen LogP contribution in [0.1, 0.15) is 75.0 Å². The van der Waals surface area contributed by atoms with Crippen molar-refractivity contribution in [3.05, 3.63) is 65.1 Å². The Labute approximate surface area is 222 Å². The monoisotopic (exact) mass is 521 g/mol. The van der Waals surface area contributed by atoms with E-state index in [0.29, 0.717) is 60.1 Å². The average molecular weight is 522 g/mol.